The van der Waals surface area contributed by atoms with Crippen molar-refractivity contribution in [3.05, 3.63) is 146 Å². The second-order valence-corrected chi connectivity index (χ2v) is 9.31. The number of rotatable bonds is 3. The third-order valence-corrected chi connectivity index (χ3v) is 7.27. The first-order valence-electron chi connectivity index (χ1n) is 12.5. The smallest absolute Gasteiger partial charge is 0.00201 e. The first-order chi connectivity index (χ1) is 17.9. The topological polar surface area (TPSA) is 0 Å². The molecule has 7 aromatic carbocycles. The Labute approximate surface area is 211 Å². The van der Waals surface area contributed by atoms with Crippen LogP contribution in [0.4, 0.5) is 0 Å². The predicted octanol–water partition coefficient (Wildman–Crippen LogP) is 10.1. The Bertz CT molecular complexity index is 1760. The van der Waals surface area contributed by atoms with Crippen LogP contribution >= 0.6 is 0 Å². The molecular formula is C36H24. The molecule has 0 aromatic heterocycles. The Balaban J connectivity index is 1.69. The van der Waals surface area contributed by atoms with Crippen LogP contribution in [0.1, 0.15) is 0 Å². The SMILES string of the molecule is c1ccc(-c2cccc3c(-c4cccc5ccccc45)c4cccc(-c5ccccc5)c4cc23)cc1. The van der Waals surface area contributed by atoms with Crippen LogP contribution in [0.15, 0.2) is 146 Å². The summed E-state index contributed by atoms with van der Waals surface area (Å²) in [5.74, 6) is 0. The lowest BCUT2D eigenvalue weighted by molar-refractivity contribution is 1.64. The molecule has 0 aliphatic heterocycles. The van der Waals surface area contributed by atoms with Gasteiger partial charge in [0, 0.05) is 0 Å². The summed E-state index contributed by atoms with van der Waals surface area (Å²) in [4.78, 5) is 0. The van der Waals surface area contributed by atoms with Gasteiger partial charge in [-0.25, -0.2) is 0 Å². The van der Waals surface area contributed by atoms with E-state index >= 15 is 0 Å². The summed E-state index contributed by atoms with van der Waals surface area (Å²) in [6, 6.07) is 52.7. The highest BCUT2D eigenvalue weighted by atomic mass is 14.2. The summed E-state index contributed by atoms with van der Waals surface area (Å²) in [6.07, 6.45) is 0. The fourth-order valence-electron chi connectivity index (χ4n) is 5.64. The van der Waals surface area contributed by atoms with Gasteiger partial charge in [0.2, 0.25) is 0 Å². The Kier molecular flexibility index (Phi) is 4.89. The van der Waals surface area contributed by atoms with E-state index in [4.69, 9.17) is 0 Å². The maximum Gasteiger partial charge on any atom is -0.00201 e. The van der Waals surface area contributed by atoms with Gasteiger partial charge >= 0.3 is 0 Å². The van der Waals surface area contributed by atoms with Crippen LogP contribution in [0, 0.1) is 0 Å². The maximum absolute atomic E-state index is 2.41. The van der Waals surface area contributed by atoms with Gasteiger partial charge in [-0.1, -0.05) is 140 Å². The average Bonchev–Trinajstić information content (AvgIpc) is 2.96. The van der Waals surface area contributed by atoms with E-state index in [0.717, 1.165) is 0 Å². The highest BCUT2D eigenvalue weighted by Gasteiger charge is 2.17. The summed E-state index contributed by atoms with van der Waals surface area (Å²) in [6.45, 7) is 0. The molecule has 0 aliphatic carbocycles. The van der Waals surface area contributed by atoms with Gasteiger partial charge in [-0.15, -0.1) is 0 Å². The van der Waals surface area contributed by atoms with E-state index in [0.29, 0.717) is 0 Å². The lowest BCUT2D eigenvalue weighted by atomic mass is 9.85. The fourth-order valence-corrected chi connectivity index (χ4v) is 5.64. The molecule has 168 valence electrons. The van der Waals surface area contributed by atoms with E-state index in [1.54, 1.807) is 0 Å². The summed E-state index contributed by atoms with van der Waals surface area (Å²) >= 11 is 0. The van der Waals surface area contributed by atoms with E-state index in [1.165, 1.54) is 65.7 Å². The van der Waals surface area contributed by atoms with Crippen molar-refractivity contribution in [3.63, 3.8) is 0 Å². The van der Waals surface area contributed by atoms with Gasteiger partial charge in [-0.3, -0.25) is 0 Å². The zero-order valence-electron chi connectivity index (χ0n) is 19.9. The lowest BCUT2D eigenvalue weighted by Crippen LogP contribution is -1.91. The highest BCUT2D eigenvalue weighted by molar-refractivity contribution is 6.21. The molecule has 0 spiro atoms. The van der Waals surface area contributed by atoms with Crippen molar-refractivity contribution in [1.29, 1.82) is 0 Å². The molecule has 0 aliphatic rings. The molecular weight excluding hydrogens is 432 g/mol. The molecule has 0 nitrogen and oxygen atoms in total. The molecule has 36 heavy (non-hydrogen) atoms. The van der Waals surface area contributed by atoms with Gasteiger partial charge < -0.3 is 0 Å². The first kappa shape index (κ1) is 20.7. The summed E-state index contributed by atoms with van der Waals surface area (Å²) in [5.41, 5.74) is 7.58. The molecule has 0 bridgehead atoms. The highest BCUT2D eigenvalue weighted by Crippen LogP contribution is 2.44. The second kappa shape index (κ2) is 8.52. The van der Waals surface area contributed by atoms with Gasteiger partial charge in [0.15, 0.2) is 0 Å². The number of benzene rings is 7. The second-order valence-electron chi connectivity index (χ2n) is 9.31. The van der Waals surface area contributed by atoms with Crippen molar-refractivity contribution in [2.45, 2.75) is 0 Å². The van der Waals surface area contributed by atoms with E-state index in [-0.39, 0.29) is 0 Å². The molecule has 0 atom stereocenters. The van der Waals surface area contributed by atoms with Crippen LogP contribution in [-0.2, 0) is 0 Å². The van der Waals surface area contributed by atoms with Crippen LogP contribution in [0.5, 0.6) is 0 Å². The van der Waals surface area contributed by atoms with E-state index < -0.39 is 0 Å². The third-order valence-electron chi connectivity index (χ3n) is 7.27. The Morgan fingerprint density at radius 1 is 0.278 bits per heavy atom. The van der Waals surface area contributed by atoms with E-state index in [9.17, 15) is 0 Å². The minimum Gasteiger partial charge on any atom is -0.0622 e. The summed E-state index contributed by atoms with van der Waals surface area (Å²) in [7, 11) is 0. The standard InChI is InChI=1S/C36H24/c1-3-12-25(13-4-1)29-19-10-22-32-34(29)24-35-30(26-14-5-2-6-15-26)20-11-23-33(35)36(32)31-21-9-17-27-16-7-8-18-28(27)31/h1-24H. The van der Waals surface area contributed by atoms with E-state index in [2.05, 4.69) is 146 Å². The number of fused-ring (bicyclic) bond motifs is 3. The first-order valence-corrected chi connectivity index (χ1v) is 12.5. The predicted molar refractivity (Wildman–Crippen MR) is 155 cm³/mol. The third kappa shape index (κ3) is 3.31. The molecule has 0 saturated heterocycles. The summed E-state index contributed by atoms with van der Waals surface area (Å²) < 4.78 is 0. The van der Waals surface area contributed by atoms with Crippen LogP contribution in [-0.4, -0.2) is 0 Å². The van der Waals surface area contributed by atoms with Gasteiger partial charge in [0.1, 0.15) is 0 Å². The van der Waals surface area contributed by atoms with Crippen molar-refractivity contribution >= 4 is 32.3 Å². The molecule has 0 unspecified atom stereocenters. The van der Waals surface area contributed by atoms with Gasteiger partial charge in [-0.2, -0.15) is 0 Å². The minimum atomic E-state index is 1.24. The normalized spacial score (nSPS) is 11.3. The van der Waals surface area contributed by atoms with Crippen LogP contribution < -0.4 is 0 Å². The van der Waals surface area contributed by atoms with Gasteiger partial charge in [0.05, 0.1) is 0 Å². The fraction of sp³-hybridized carbons (Fsp3) is 0. The summed E-state index contributed by atoms with van der Waals surface area (Å²) in [5, 5.41) is 7.67. The van der Waals surface area contributed by atoms with Crippen molar-refractivity contribution in [2.75, 3.05) is 0 Å². The largest absolute Gasteiger partial charge is 0.0622 e. The molecule has 0 radical (unpaired) electrons. The average molecular weight is 457 g/mol. The van der Waals surface area contributed by atoms with Crippen molar-refractivity contribution in [1.82, 2.24) is 0 Å². The van der Waals surface area contributed by atoms with Crippen molar-refractivity contribution in [3.8, 4) is 33.4 Å². The molecule has 0 amide bonds. The number of hydrogen-bond donors (Lipinski definition) is 0. The Morgan fingerprint density at radius 2 is 0.722 bits per heavy atom. The zero-order chi connectivity index (χ0) is 23.9. The Hall–Kier alpha value is -4.68. The van der Waals surface area contributed by atoms with Crippen LogP contribution in [0.3, 0.4) is 0 Å². The van der Waals surface area contributed by atoms with Crippen molar-refractivity contribution in [2.24, 2.45) is 0 Å². The molecule has 0 fully saturated rings. The minimum absolute atomic E-state index is 1.24. The lowest BCUT2D eigenvalue weighted by Gasteiger charge is -2.18. The zero-order valence-corrected chi connectivity index (χ0v) is 19.9. The van der Waals surface area contributed by atoms with Crippen LogP contribution in [0.2, 0.25) is 0 Å². The van der Waals surface area contributed by atoms with Crippen molar-refractivity contribution < 1.29 is 0 Å². The van der Waals surface area contributed by atoms with Gasteiger partial charge in [-0.05, 0) is 71.8 Å². The van der Waals surface area contributed by atoms with E-state index in [1.807, 2.05) is 0 Å². The molecule has 0 N–H and O–H groups in total. The Morgan fingerprint density at radius 3 is 1.33 bits per heavy atom. The molecule has 7 aromatic rings. The van der Waals surface area contributed by atoms with Crippen LogP contribution in [0.25, 0.3) is 65.7 Å². The molecule has 0 heteroatoms. The number of hydrogen-bond acceptors (Lipinski definition) is 0. The maximum atomic E-state index is 2.41. The van der Waals surface area contributed by atoms with Gasteiger partial charge in [0.25, 0.3) is 0 Å². The molecule has 0 saturated carbocycles. The quantitative estimate of drug-likeness (QED) is 0.232. The molecule has 7 rings (SSSR count). The molecule has 0 heterocycles. The monoisotopic (exact) mass is 456 g/mol.